The molecule has 0 atom stereocenters. The third-order valence-electron chi connectivity index (χ3n) is 1.68. The molecule has 0 aromatic heterocycles. The molecule has 0 aliphatic carbocycles. The van der Waals surface area contributed by atoms with Gasteiger partial charge < -0.3 is 15.5 Å². The van der Waals surface area contributed by atoms with Crippen LogP contribution >= 0.6 is 0 Å². The van der Waals surface area contributed by atoms with E-state index in [4.69, 9.17) is 0 Å². The van der Waals surface area contributed by atoms with Gasteiger partial charge >= 0.3 is 11.8 Å². The first kappa shape index (κ1) is 13.6. The van der Waals surface area contributed by atoms with Gasteiger partial charge in [0.1, 0.15) is 0 Å². The molecule has 0 saturated heterocycles. The van der Waals surface area contributed by atoms with Gasteiger partial charge in [0.15, 0.2) is 0 Å². The van der Waals surface area contributed by atoms with E-state index < -0.39 is 11.8 Å². The molecule has 0 saturated carbocycles. The Morgan fingerprint density at radius 3 is 2.40 bits per heavy atom. The molecule has 0 aliphatic rings. The minimum absolute atomic E-state index is 0.309. The fraction of sp³-hybridized carbons (Fsp3) is 0.600. The zero-order valence-corrected chi connectivity index (χ0v) is 9.38. The minimum atomic E-state index is -0.611. The molecule has 0 heterocycles. The summed E-state index contributed by atoms with van der Waals surface area (Å²) in [6.45, 7) is 5.14. The summed E-state index contributed by atoms with van der Waals surface area (Å²) in [7, 11) is 3.91. The summed E-state index contributed by atoms with van der Waals surface area (Å²) in [6.07, 6.45) is 2.35. The van der Waals surface area contributed by atoms with Crippen molar-refractivity contribution in [2.75, 3.05) is 33.7 Å². The Bertz CT molecular complexity index is 227. The third kappa shape index (κ3) is 7.69. The molecule has 5 nitrogen and oxygen atoms in total. The highest BCUT2D eigenvalue weighted by Gasteiger charge is 2.10. The smallest absolute Gasteiger partial charge is 0.309 e. The number of amides is 2. The molecule has 0 spiro atoms. The monoisotopic (exact) mass is 213 g/mol. The van der Waals surface area contributed by atoms with Crippen molar-refractivity contribution in [2.24, 2.45) is 0 Å². The second kappa shape index (κ2) is 7.99. The molecule has 0 bridgehead atoms. The van der Waals surface area contributed by atoms with Gasteiger partial charge in [-0.25, -0.2) is 0 Å². The van der Waals surface area contributed by atoms with E-state index >= 15 is 0 Å². The normalized spacial score (nSPS) is 9.80. The number of carbonyl (C=O) groups is 2. The zero-order chi connectivity index (χ0) is 11.7. The van der Waals surface area contributed by atoms with E-state index in [0.717, 1.165) is 13.0 Å². The molecular formula is C10H19N3O2. The lowest BCUT2D eigenvalue weighted by atomic mass is 10.4. The van der Waals surface area contributed by atoms with Crippen LogP contribution in [0.4, 0.5) is 0 Å². The highest BCUT2D eigenvalue weighted by atomic mass is 16.2. The first-order valence-electron chi connectivity index (χ1n) is 4.89. The predicted octanol–water partition coefficient (Wildman–Crippen LogP) is -0.643. The molecule has 86 valence electrons. The third-order valence-corrected chi connectivity index (χ3v) is 1.68. The fourth-order valence-corrected chi connectivity index (χ4v) is 0.923. The minimum Gasteiger partial charge on any atom is -0.348 e. The second-order valence-corrected chi connectivity index (χ2v) is 3.41. The van der Waals surface area contributed by atoms with E-state index in [0.29, 0.717) is 13.1 Å². The summed E-state index contributed by atoms with van der Waals surface area (Å²) in [5, 5.41) is 4.94. The molecule has 0 rings (SSSR count). The molecule has 0 aromatic carbocycles. The fourth-order valence-electron chi connectivity index (χ4n) is 0.923. The first-order chi connectivity index (χ1) is 7.07. The standard InChI is InChI=1S/C10H19N3O2/c1-4-6-11-9(14)10(15)12-7-5-8-13(2)3/h4H,1,5-8H2,2-3H3,(H,11,14)(H,12,15). The van der Waals surface area contributed by atoms with E-state index in [1.54, 1.807) is 0 Å². The van der Waals surface area contributed by atoms with Crippen molar-refractivity contribution in [3.63, 3.8) is 0 Å². The van der Waals surface area contributed by atoms with Crippen LogP contribution in [0.1, 0.15) is 6.42 Å². The van der Waals surface area contributed by atoms with Gasteiger partial charge in [0, 0.05) is 13.1 Å². The van der Waals surface area contributed by atoms with Crippen LogP contribution in [0.5, 0.6) is 0 Å². The first-order valence-corrected chi connectivity index (χ1v) is 4.89. The lowest BCUT2D eigenvalue weighted by molar-refractivity contribution is -0.139. The Morgan fingerprint density at radius 2 is 1.87 bits per heavy atom. The predicted molar refractivity (Wildman–Crippen MR) is 59.4 cm³/mol. The number of carbonyl (C=O) groups excluding carboxylic acids is 2. The van der Waals surface area contributed by atoms with Crippen LogP contribution in [0.15, 0.2) is 12.7 Å². The molecular weight excluding hydrogens is 194 g/mol. The molecule has 0 aliphatic heterocycles. The average molecular weight is 213 g/mol. The van der Waals surface area contributed by atoms with Crippen molar-refractivity contribution in [3.05, 3.63) is 12.7 Å². The molecule has 15 heavy (non-hydrogen) atoms. The Hall–Kier alpha value is -1.36. The van der Waals surface area contributed by atoms with Gasteiger partial charge in [0.25, 0.3) is 0 Å². The van der Waals surface area contributed by atoms with Crippen molar-refractivity contribution in [1.29, 1.82) is 0 Å². The van der Waals surface area contributed by atoms with Crippen LogP contribution in [0.2, 0.25) is 0 Å². The van der Waals surface area contributed by atoms with Gasteiger partial charge in [0.05, 0.1) is 0 Å². The average Bonchev–Trinajstić information content (AvgIpc) is 2.20. The van der Waals surface area contributed by atoms with E-state index in [9.17, 15) is 9.59 Å². The van der Waals surface area contributed by atoms with E-state index in [1.165, 1.54) is 6.08 Å². The van der Waals surface area contributed by atoms with Gasteiger partial charge in [-0.2, -0.15) is 0 Å². The second-order valence-electron chi connectivity index (χ2n) is 3.41. The largest absolute Gasteiger partial charge is 0.348 e. The van der Waals surface area contributed by atoms with E-state index in [1.807, 2.05) is 19.0 Å². The quantitative estimate of drug-likeness (QED) is 0.350. The summed E-state index contributed by atoms with van der Waals surface area (Å²) in [6, 6.07) is 0. The van der Waals surface area contributed by atoms with Crippen molar-refractivity contribution in [1.82, 2.24) is 15.5 Å². The zero-order valence-electron chi connectivity index (χ0n) is 9.38. The van der Waals surface area contributed by atoms with E-state index in [-0.39, 0.29) is 0 Å². The van der Waals surface area contributed by atoms with Crippen molar-refractivity contribution >= 4 is 11.8 Å². The molecule has 0 fully saturated rings. The maximum absolute atomic E-state index is 11.1. The maximum atomic E-state index is 11.1. The summed E-state index contributed by atoms with van der Waals surface area (Å²) in [4.78, 5) is 24.2. The Kier molecular flexibility index (Phi) is 7.27. The number of hydrogen-bond donors (Lipinski definition) is 2. The SMILES string of the molecule is C=CCNC(=O)C(=O)NCCCN(C)C. The Balaban J connectivity index is 3.55. The molecule has 2 amide bonds. The maximum Gasteiger partial charge on any atom is 0.309 e. The van der Waals surface area contributed by atoms with Gasteiger partial charge in [0.2, 0.25) is 0 Å². The Morgan fingerprint density at radius 1 is 1.27 bits per heavy atom. The Labute approximate surface area is 90.5 Å². The van der Waals surface area contributed by atoms with Crippen LogP contribution in [-0.4, -0.2) is 50.4 Å². The van der Waals surface area contributed by atoms with Crippen molar-refractivity contribution < 1.29 is 9.59 Å². The topological polar surface area (TPSA) is 61.4 Å². The van der Waals surface area contributed by atoms with E-state index in [2.05, 4.69) is 17.2 Å². The molecule has 0 unspecified atom stereocenters. The lowest BCUT2D eigenvalue weighted by Crippen LogP contribution is -2.40. The van der Waals surface area contributed by atoms with Crippen LogP contribution in [0.25, 0.3) is 0 Å². The summed E-state index contributed by atoms with van der Waals surface area (Å²) in [5.41, 5.74) is 0. The lowest BCUT2D eigenvalue weighted by Gasteiger charge is -2.09. The van der Waals surface area contributed by atoms with Gasteiger partial charge in [-0.05, 0) is 27.1 Å². The van der Waals surface area contributed by atoms with Gasteiger partial charge in [-0.1, -0.05) is 6.08 Å². The van der Waals surface area contributed by atoms with Crippen LogP contribution in [-0.2, 0) is 9.59 Å². The molecule has 0 radical (unpaired) electrons. The number of nitrogens with one attached hydrogen (secondary N) is 2. The summed E-state index contributed by atoms with van der Waals surface area (Å²) in [5.74, 6) is -1.20. The van der Waals surface area contributed by atoms with Crippen molar-refractivity contribution in [2.45, 2.75) is 6.42 Å². The molecule has 2 N–H and O–H groups in total. The highest BCUT2D eigenvalue weighted by molar-refractivity contribution is 6.35. The van der Waals surface area contributed by atoms with Crippen molar-refractivity contribution in [3.8, 4) is 0 Å². The number of nitrogens with zero attached hydrogens (tertiary/aromatic N) is 1. The van der Waals surface area contributed by atoms with Crippen LogP contribution in [0.3, 0.4) is 0 Å². The van der Waals surface area contributed by atoms with Crippen LogP contribution < -0.4 is 10.6 Å². The highest BCUT2D eigenvalue weighted by Crippen LogP contribution is 1.80. The molecule has 0 aromatic rings. The van der Waals surface area contributed by atoms with Gasteiger partial charge in [-0.15, -0.1) is 6.58 Å². The van der Waals surface area contributed by atoms with Gasteiger partial charge in [-0.3, -0.25) is 9.59 Å². The molecule has 5 heteroatoms. The summed E-state index contributed by atoms with van der Waals surface area (Å²) >= 11 is 0. The summed E-state index contributed by atoms with van der Waals surface area (Å²) < 4.78 is 0. The van der Waals surface area contributed by atoms with Crippen LogP contribution in [0, 0.1) is 0 Å². The number of rotatable bonds is 6. The number of hydrogen-bond acceptors (Lipinski definition) is 3.